The maximum absolute atomic E-state index is 12.3. The summed E-state index contributed by atoms with van der Waals surface area (Å²) in [7, 11) is 0. The van der Waals surface area contributed by atoms with Crippen LogP contribution in [0.4, 0.5) is 5.69 Å². The third kappa shape index (κ3) is 4.79. The lowest BCUT2D eigenvalue weighted by Crippen LogP contribution is -2.35. The fourth-order valence-corrected chi connectivity index (χ4v) is 3.70. The SMILES string of the molecule is O=C(NC1CCCCC1)c1cc(COc2ccc([N+](=O)[O-])cc2)cs1. The van der Waals surface area contributed by atoms with E-state index in [9.17, 15) is 14.9 Å². The molecular formula is C18H20N2O4S. The van der Waals surface area contributed by atoms with Gasteiger partial charge in [0.2, 0.25) is 0 Å². The van der Waals surface area contributed by atoms with Crippen LogP contribution in [0.2, 0.25) is 0 Å². The number of nitro benzene ring substituents is 1. The molecule has 1 N–H and O–H groups in total. The molecule has 0 saturated heterocycles. The van der Waals surface area contributed by atoms with Gasteiger partial charge in [0.05, 0.1) is 9.80 Å². The topological polar surface area (TPSA) is 81.5 Å². The number of rotatable bonds is 6. The normalized spacial score (nSPS) is 14.9. The Bertz CT molecular complexity index is 736. The summed E-state index contributed by atoms with van der Waals surface area (Å²) in [5.41, 5.74) is 0.946. The van der Waals surface area contributed by atoms with E-state index in [1.165, 1.54) is 42.7 Å². The number of amides is 1. The van der Waals surface area contributed by atoms with Crippen LogP contribution in [0.3, 0.4) is 0 Å². The highest BCUT2D eigenvalue weighted by Gasteiger charge is 2.17. The van der Waals surface area contributed by atoms with Gasteiger partial charge in [-0.05, 0) is 36.4 Å². The first-order chi connectivity index (χ1) is 12.1. The smallest absolute Gasteiger partial charge is 0.269 e. The van der Waals surface area contributed by atoms with Gasteiger partial charge in [-0.25, -0.2) is 0 Å². The number of nitrogens with zero attached hydrogens (tertiary/aromatic N) is 1. The van der Waals surface area contributed by atoms with E-state index < -0.39 is 4.92 Å². The zero-order chi connectivity index (χ0) is 17.6. The monoisotopic (exact) mass is 360 g/mol. The zero-order valence-electron chi connectivity index (χ0n) is 13.8. The Kier molecular flexibility index (Phi) is 5.65. The fourth-order valence-electron chi connectivity index (χ4n) is 2.90. The predicted octanol–water partition coefficient (Wildman–Crippen LogP) is 4.30. The number of nitrogens with one attached hydrogen (secondary N) is 1. The van der Waals surface area contributed by atoms with E-state index in [-0.39, 0.29) is 11.6 Å². The average molecular weight is 360 g/mol. The number of benzene rings is 1. The quantitative estimate of drug-likeness (QED) is 0.615. The van der Waals surface area contributed by atoms with Gasteiger partial charge in [0.1, 0.15) is 12.4 Å². The van der Waals surface area contributed by atoms with Crippen LogP contribution >= 0.6 is 11.3 Å². The number of nitro groups is 1. The van der Waals surface area contributed by atoms with Crippen molar-refractivity contribution in [2.24, 2.45) is 0 Å². The van der Waals surface area contributed by atoms with E-state index in [1.54, 1.807) is 12.1 Å². The van der Waals surface area contributed by atoms with Crippen LogP contribution in [0.1, 0.15) is 47.3 Å². The molecule has 6 nitrogen and oxygen atoms in total. The molecule has 7 heteroatoms. The van der Waals surface area contributed by atoms with Gasteiger partial charge in [-0.15, -0.1) is 11.3 Å². The van der Waals surface area contributed by atoms with Gasteiger partial charge in [-0.2, -0.15) is 0 Å². The lowest BCUT2D eigenvalue weighted by molar-refractivity contribution is -0.384. The summed E-state index contributed by atoms with van der Waals surface area (Å²) in [5, 5.41) is 15.6. The van der Waals surface area contributed by atoms with E-state index in [0.717, 1.165) is 18.4 Å². The number of carbonyl (C=O) groups is 1. The van der Waals surface area contributed by atoms with Crippen molar-refractivity contribution < 1.29 is 14.5 Å². The van der Waals surface area contributed by atoms with Crippen molar-refractivity contribution in [2.45, 2.75) is 44.8 Å². The van der Waals surface area contributed by atoms with E-state index in [4.69, 9.17) is 4.74 Å². The van der Waals surface area contributed by atoms with Gasteiger partial charge in [-0.1, -0.05) is 19.3 Å². The second-order valence-electron chi connectivity index (χ2n) is 6.17. The maximum atomic E-state index is 12.3. The van der Waals surface area contributed by atoms with Crippen molar-refractivity contribution >= 4 is 22.9 Å². The molecule has 1 fully saturated rings. The molecule has 1 heterocycles. The highest BCUT2D eigenvalue weighted by Crippen LogP contribution is 2.22. The average Bonchev–Trinajstić information content (AvgIpc) is 3.10. The molecular weight excluding hydrogens is 340 g/mol. The molecule has 25 heavy (non-hydrogen) atoms. The Balaban J connectivity index is 1.52. The number of hydrogen-bond donors (Lipinski definition) is 1. The Labute approximate surface area is 150 Å². The molecule has 1 amide bonds. The van der Waals surface area contributed by atoms with Crippen molar-refractivity contribution in [3.8, 4) is 5.75 Å². The molecule has 1 aliphatic carbocycles. The Morgan fingerprint density at radius 1 is 1.24 bits per heavy atom. The van der Waals surface area contributed by atoms with Crippen LogP contribution in [0.5, 0.6) is 5.75 Å². The first kappa shape index (κ1) is 17.4. The van der Waals surface area contributed by atoms with Crippen molar-refractivity contribution in [3.05, 3.63) is 56.3 Å². The van der Waals surface area contributed by atoms with Gasteiger partial charge in [0.15, 0.2) is 0 Å². The third-order valence-corrected chi connectivity index (χ3v) is 5.25. The van der Waals surface area contributed by atoms with E-state index >= 15 is 0 Å². The molecule has 132 valence electrons. The summed E-state index contributed by atoms with van der Waals surface area (Å²) >= 11 is 1.41. The second-order valence-corrected chi connectivity index (χ2v) is 7.08. The highest BCUT2D eigenvalue weighted by molar-refractivity contribution is 7.12. The van der Waals surface area contributed by atoms with E-state index in [0.29, 0.717) is 23.3 Å². The van der Waals surface area contributed by atoms with Crippen LogP contribution in [0.25, 0.3) is 0 Å². The minimum absolute atomic E-state index is 0.0153. The standard InChI is InChI=1S/C18H20N2O4S/c21-18(19-14-4-2-1-3-5-14)17-10-13(12-25-17)11-24-16-8-6-15(7-9-16)20(22)23/h6-10,12,14H,1-5,11H2,(H,19,21). The van der Waals surface area contributed by atoms with Crippen molar-refractivity contribution in [3.63, 3.8) is 0 Å². The van der Waals surface area contributed by atoms with Crippen LogP contribution in [0.15, 0.2) is 35.7 Å². The minimum atomic E-state index is -0.445. The van der Waals surface area contributed by atoms with Crippen LogP contribution in [-0.4, -0.2) is 16.9 Å². The van der Waals surface area contributed by atoms with Gasteiger partial charge in [0.25, 0.3) is 11.6 Å². The minimum Gasteiger partial charge on any atom is -0.489 e. The van der Waals surface area contributed by atoms with Crippen LogP contribution in [-0.2, 0) is 6.61 Å². The van der Waals surface area contributed by atoms with Gasteiger partial charge in [0, 0.05) is 23.7 Å². The number of ether oxygens (including phenoxy) is 1. The molecule has 0 radical (unpaired) electrons. The van der Waals surface area contributed by atoms with E-state index in [2.05, 4.69) is 5.32 Å². The lowest BCUT2D eigenvalue weighted by Gasteiger charge is -2.22. The molecule has 2 aromatic rings. The predicted molar refractivity (Wildman–Crippen MR) is 96.1 cm³/mol. The first-order valence-corrected chi connectivity index (χ1v) is 9.25. The Morgan fingerprint density at radius 2 is 1.96 bits per heavy atom. The Hall–Kier alpha value is -2.41. The van der Waals surface area contributed by atoms with Crippen LogP contribution < -0.4 is 10.1 Å². The van der Waals surface area contributed by atoms with Gasteiger partial charge < -0.3 is 10.1 Å². The summed E-state index contributed by atoms with van der Waals surface area (Å²) in [4.78, 5) is 23.2. The van der Waals surface area contributed by atoms with Gasteiger partial charge in [-0.3, -0.25) is 14.9 Å². The van der Waals surface area contributed by atoms with Crippen molar-refractivity contribution in [1.82, 2.24) is 5.32 Å². The molecule has 0 atom stereocenters. The Morgan fingerprint density at radius 3 is 2.64 bits per heavy atom. The summed E-state index contributed by atoms with van der Waals surface area (Å²) in [6.45, 7) is 0.324. The molecule has 1 aliphatic rings. The number of non-ortho nitro benzene ring substituents is 1. The molecule has 1 aromatic heterocycles. The lowest BCUT2D eigenvalue weighted by atomic mass is 9.95. The maximum Gasteiger partial charge on any atom is 0.269 e. The summed E-state index contributed by atoms with van der Waals surface area (Å²) in [6.07, 6.45) is 5.75. The summed E-state index contributed by atoms with van der Waals surface area (Å²) < 4.78 is 5.62. The summed E-state index contributed by atoms with van der Waals surface area (Å²) in [5.74, 6) is 0.545. The first-order valence-electron chi connectivity index (χ1n) is 8.37. The molecule has 0 bridgehead atoms. The zero-order valence-corrected chi connectivity index (χ0v) is 14.6. The number of hydrogen-bond acceptors (Lipinski definition) is 5. The molecule has 1 saturated carbocycles. The molecule has 0 aliphatic heterocycles. The van der Waals surface area contributed by atoms with Crippen molar-refractivity contribution in [2.75, 3.05) is 0 Å². The summed E-state index contributed by atoms with van der Waals surface area (Å²) in [6, 6.07) is 8.09. The molecule has 0 spiro atoms. The molecule has 0 unspecified atom stereocenters. The van der Waals surface area contributed by atoms with Gasteiger partial charge >= 0.3 is 0 Å². The number of thiophene rings is 1. The highest BCUT2D eigenvalue weighted by atomic mass is 32.1. The number of carbonyl (C=O) groups excluding carboxylic acids is 1. The van der Waals surface area contributed by atoms with E-state index in [1.807, 2.05) is 11.4 Å². The second kappa shape index (κ2) is 8.11. The molecule has 3 rings (SSSR count). The largest absolute Gasteiger partial charge is 0.489 e. The van der Waals surface area contributed by atoms with Crippen molar-refractivity contribution in [1.29, 1.82) is 0 Å². The van der Waals surface area contributed by atoms with Crippen LogP contribution in [0, 0.1) is 10.1 Å². The fraction of sp³-hybridized carbons (Fsp3) is 0.389. The molecule has 1 aromatic carbocycles. The third-order valence-electron chi connectivity index (χ3n) is 4.27.